The van der Waals surface area contributed by atoms with Gasteiger partial charge in [0.05, 0.1) is 19.6 Å². The molecule has 0 radical (unpaired) electrons. The van der Waals surface area contributed by atoms with Crippen LogP contribution in [0.3, 0.4) is 0 Å². The van der Waals surface area contributed by atoms with Crippen molar-refractivity contribution < 1.29 is 96.2 Å². The van der Waals surface area contributed by atoms with Crippen LogP contribution < -0.4 is 0 Å². The molecule has 0 fully saturated rings. The van der Waals surface area contributed by atoms with E-state index in [-0.39, 0.29) is 4.90 Å². The topological polar surface area (TPSA) is 351 Å². The van der Waals surface area contributed by atoms with Gasteiger partial charge in [-0.1, -0.05) is 0 Å². The van der Waals surface area contributed by atoms with E-state index >= 15 is 0 Å². The van der Waals surface area contributed by atoms with Crippen molar-refractivity contribution in [2.75, 3.05) is 52.4 Å². The predicted octanol–water partition coefficient (Wildman–Crippen LogP) is -2.74. The second-order valence-corrected chi connectivity index (χ2v) is 9.90. The van der Waals surface area contributed by atoms with E-state index in [9.17, 15) is 43.4 Å². The van der Waals surface area contributed by atoms with Crippen LogP contribution in [0.15, 0.2) is 0 Å². The lowest BCUT2D eigenvalue weighted by Crippen LogP contribution is -2.51. The van der Waals surface area contributed by atoms with Crippen molar-refractivity contribution in [3.63, 3.8) is 0 Å². The number of carbonyl (C=O) groups is 3. The summed E-state index contributed by atoms with van der Waals surface area (Å²) in [5, 5.41) is 47.9. The molecule has 0 spiro atoms. The number of aliphatic carboxylic acids is 2. The van der Waals surface area contributed by atoms with Crippen LogP contribution in [0.5, 0.6) is 0 Å². The Morgan fingerprint density at radius 2 is 1.07 bits per heavy atom. The van der Waals surface area contributed by atoms with Crippen molar-refractivity contribution in [2.45, 2.75) is 11.9 Å². The highest BCUT2D eigenvalue weighted by Gasteiger charge is 2.50. The molecule has 23 nitrogen and oxygen atoms in total. The van der Waals surface area contributed by atoms with E-state index in [1.807, 2.05) is 0 Å². The molecule has 0 aromatic heterocycles. The van der Waals surface area contributed by atoms with Gasteiger partial charge in [0.2, 0.25) is 0 Å². The molecule has 0 aromatic rings. The van der Waals surface area contributed by atoms with Crippen LogP contribution in [0.4, 0.5) is 4.79 Å². The molecule has 10 N–H and O–H groups in total. The van der Waals surface area contributed by atoms with Crippen LogP contribution in [0.25, 0.3) is 0 Å². The Morgan fingerprint density at radius 1 is 0.675 bits per heavy atom. The lowest BCUT2D eigenvalue weighted by molar-refractivity contribution is -0.281. The highest BCUT2D eigenvalue weighted by molar-refractivity contribution is 7.39. The van der Waals surface area contributed by atoms with E-state index in [0.717, 1.165) is 9.80 Å². The van der Waals surface area contributed by atoms with E-state index in [1.165, 1.54) is 0 Å². The van der Waals surface area contributed by atoms with Gasteiger partial charge in [-0.25, -0.2) is 9.32 Å². The number of hydrogen-bond donors (Lipinski definition) is 10. The van der Waals surface area contributed by atoms with Crippen LogP contribution in [-0.4, -0.2) is 147 Å². The second kappa shape index (κ2) is 18.1. The Hall–Kier alpha value is -1.58. The van der Waals surface area contributed by atoms with Gasteiger partial charge in [0, 0.05) is 39.9 Å². The summed E-state index contributed by atoms with van der Waals surface area (Å²) in [6.07, 6.45) is -1.82. The molecule has 0 aliphatic heterocycles. The van der Waals surface area contributed by atoms with Crippen molar-refractivity contribution in [2.24, 2.45) is 0 Å². The molecular weight excluding hydrogens is 642 g/mol. The summed E-state index contributed by atoms with van der Waals surface area (Å²) in [6.45, 7) is -6.34. The predicted molar refractivity (Wildman–Crippen MR) is 123 cm³/mol. The number of amides is 1. The molecule has 0 aliphatic carbocycles. The highest BCUT2D eigenvalue weighted by atomic mass is 31.2. The Balaban J connectivity index is 5.71. The highest BCUT2D eigenvalue weighted by Crippen LogP contribution is 2.37. The summed E-state index contributed by atoms with van der Waals surface area (Å²) in [5.41, 5.74) is 0. The average molecular weight is 668 g/mol. The van der Waals surface area contributed by atoms with Gasteiger partial charge >= 0.3 is 63.3 Å². The van der Waals surface area contributed by atoms with E-state index < -0.39 is 116 Å². The Kier molecular flexibility index (Phi) is 17.3. The maximum atomic E-state index is 11.6. The standard InChI is InChI=1S/C13H23N3O20P4/c17-9(18)5-14(3-4-16(11(21)22)8-13(24,35-39(29)30)36-40(31)32)1-2-15(6-10(19)20)7-12(23,33-37(25)26)34-38(27)28/h23-24,29-30H,1-8H2,(H3-3,17,18,19,20,21,22,25,26,27,28,31,32)/p+3. The molecule has 4 atom stereocenters. The second-order valence-electron chi connectivity index (χ2n) is 7.24. The number of carboxylic acid groups (broad SMARTS) is 3. The summed E-state index contributed by atoms with van der Waals surface area (Å²) >= 11 is 0. The lowest BCUT2D eigenvalue weighted by atomic mass is 10.3. The first-order valence-corrected chi connectivity index (χ1v) is 14.5. The smallest absolute Gasteiger partial charge is 0.480 e. The zero-order valence-electron chi connectivity index (χ0n) is 19.8. The maximum absolute atomic E-state index is 11.6. The SMILES string of the molecule is O=C(O)CN(CCN(CC(=O)O)CC(O)(O[P+](=O)O)O[P+](=O)O)CCN(CC(O)(OP(O)O)O[P+](=O)O)C(=O)O. The quantitative estimate of drug-likeness (QED) is 0.0413. The van der Waals surface area contributed by atoms with Crippen LogP contribution in [0, 0.1) is 0 Å². The third-order valence-corrected chi connectivity index (χ3v) is 5.88. The third-order valence-electron chi connectivity index (χ3n) is 4.11. The summed E-state index contributed by atoms with van der Waals surface area (Å²) in [5.74, 6) is -9.59. The molecule has 27 heteroatoms. The molecule has 0 bridgehead atoms. The molecule has 0 aliphatic rings. The third kappa shape index (κ3) is 18.0. The molecule has 230 valence electrons. The van der Waals surface area contributed by atoms with Gasteiger partial charge in [-0.2, -0.15) is 0 Å². The molecule has 40 heavy (non-hydrogen) atoms. The van der Waals surface area contributed by atoms with Crippen molar-refractivity contribution >= 4 is 51.4 Å². The van der Waals surface area contributed by atoms with Crippen molar-refractivity contribution in [3.05, 3.63) is 0 Å². The number of nitrogens with zero attached hydrogens (tertiary/aromatic N) is 3. The van der Waals surface area contributed by atoms with Gasteiger partial charge < -0.3 is 35.3 Å². The van der Waals surface area contributed by atoms with Gasteiger partial charge in [0.15, 0.2) is 0 Å². The van der Waals surface area contributed by atoms with Gasteiger partial charge in [-0.05, 0) is 13.6 Å². The number of aliphatic hydroxyl groups is 2. The molecule has 0 saturated carbocycles. The fraction of sp³-hybridized carbons (Fsp3) is 0.769. The average Bonchev–Trinajstić information content (AvgIpc) is 2.70. The zero-order valence-corrected chi connectivity index (χ0v) is 23.4. The van der Waals surface area contributed by atoms with Gasteiger partial charge in [-0.3, -0.25) is 24.3 Å². The molecule has 0 rings (SSSR count). The monoisotopic (exact) mass is 668 g/mol. The maximum Gasteiger partial charge on any atom is 0.700 e. The molecular formula is C13H26N3O20P4+3. The Labute approximate surface area is 227 Å². The van der Waals surface area contributed by atoms with E-state index in [1.54, 1.807) is 0 Å². The minimum Gasteiger partial charge on any atom is -0.480 e. The van der Waals surface area contributed by atoms with E-state index in [0.29, 0.717) is 0 Å². The molecule has 0 aromatic carbocycles. The summed E-state index contributed by atoms with van der Waals surface area (Å²) in [7, 11) is -14.4. The van der Waals surface area contributed by atoms with Crippen LogP contribution in [-0.2, 0) is 41.4 Å². The summed E-state index contributed by atoms with van der Waals surface area (Å²) in [4.78, 5) is 80.6. The minimum atomic E-state index is -3.65. The Morgan fingerprint density at radius 3 is 1.48 bits per heavy atom. The van der Waals surface area contributed by atoms with Crippen LogP contribution in [0.2, 0.25) is 0 Å². The Bertz CT molecular complexity index is 910. The fourth-order valence-electron chi connectivity index (χ4n) is 2.82. The largest absolute Gasteiger partial charge is 0.700 e. The molecule has 4 unspecified atom stereocenters. The lowest BCUT2D eigenvalue weighted by Gasteiger charge is -2.31. The van der Waals surface area contributed by atoms with Crippen molar-refractivity contribution in [1.29, 1.82) is 0 Å². The minimum absolute atomic E-state index is 0.275. The van der Waals surface area contributed by atoms with Gasteiger partial charge in [0.25, 0.3) is 0 Å². The molecule has 0 heterocycles. The molecule has 1 amide bonds. The van der Waals surface area contributed by atoms with E-state index in [2.05, 4.69) is 18.1 Å². The number of hydrogen-bond acceptors (Lipinski definition) is 16. The first-order valence-electron chi connectivity index (χ1n) is 9.99. The van der Waals surface area contributed by atoms with Crippen molar-refractivity contribution in [1.82, 2.24) is 14.7 Å². The fourth-order valence-corrected chi connectivity index (χ4v) is 4.30. The first kappa shape index (κ1) is 38.4. The summed E-state index contributed by atoms with van der Waals surface area (Å²) in [6, 6.07) is 0. The van der Waals surface area contributed by atoms with Gasteiger partial charge in [-0.15, -0.1) is 14.7 Å². The number of carboxylic acids is 2. The molecule has 0 saturated heterocycles. The van der Waals surface area contributed by atoms with Crippen molar-refractivity contribution in [3.8, 4) is 0 Å². The zero-order chi connectivity index (χ0) is 31.3. The normalized spacial score (nSPS) is 15.9. The van der Waals surface area contributed by atoms with Crippen LogP contribution >= 0.6 is 33.4 Å². The summed E-state index contributed by atoms with van der Waals surface area (Å²) < 4.78 is 49.5. The van der Waals surface area contributed by atoms with E-state index in [4.69, 9.17) is 34.7 Å². The first-order chi connectivity index (χ1) is 18.3. The van der Waals surface area contributed by atoms with Gasteiger partial charge in [0.1, 0.15) is 6.54 Å². The van der Waals surface area contributed by atoms with Crippen LogP contribution in [0.1, 0.15) is 0 Å². The number of rotatable bonds is 22.